The van der Waals surface area contributed by atoms with Gasteiger partial charge in [0.05, 0.1) is 0 Å². The van der Waals surface area contributed by atoms with Crippen molar-refractivity contribution < 1.29 is 0 Å². The van der Waals surface area contributed by atoms with Gasteiger partial charge in [-0.25, -0.2) is 0 Å². The third kappa shape index (κ3) is 3.62. The summed E-state index contributed by atoms with van der Waals surface area (Å²) in [7, 11) is 2.12. The van der Waals surface area contributed by atoms with Crippen LogP contribution in [0.15, 0.2) is 12.2 Å². The van der Waals surface area contributed by atoms with Gasteiger partial charge in [0, 0.05) is 6.04 Å². The molecule has 1 saturated carbocycles. The van der Waals surface area contributed by atoms with Crippen LogP contribution < -0.4 is 5.32 Å². The van der Waals surface area contributed by atoms with Gasteiger partial charge in [0.2, 0.25) is 0 Å². The molecule has 1 heteroatoms. The van der Waals surface area contributed by atoms with Crippen LogP contribution in [0, 0.1) is 11.3 Å². The van der Waals surface area contributed by atoms with Gasteiger partial charge in [-0.15, -0.1) is 6.58 Å². The van der Waals surface area contributed by atoms with E-state index in [1.165, 1.54) is 37.7 Å². The van der Waals surface area contributed by atoms with Crippen molar-refractivity contribution >= 4 is 0 Å². The van der Waals surface area contributed by atoms with Crippen molar-refractivity contribution in [3.63, 3.8) is 0 Å². The smallest absolute Gasteiger partial charge is 0.0100 e. The van der Waals surface area contributed by atoms with Crippen LogP contribution in [0.1, 0.15) is 59.3 Å². The molecule has 94 valence electrons. The predicted octanol–water partition coefficient (Wildman–Crippen LogP) is 4.15. The minimum atomic E-state index is 0.515. The summed E-state index contributed by atoms with van der Waals surface area (Å²) in [5.74, 6) is 0.839. The van der Waals surface area contributed by atoms with E-state index in [0.29, 0.717) is 11.5 Å². The van der Waals surface area contributed by atoms with E-state index in [4.69, 9.17) is 0 Å². The Bertz CT molecular complexity index is 230. The maximum atomic E-state index is 4.02. The molecule has 1 aliphatic carbocycles. The van der Waals surface area contributed by atoms with Crippen molar-refractivity contribution in [2.24, 2.45) is 11.3 Å². The van der Waals surface area contributed by atoms with E-state index in [-0.39, 0.29) is 0 Å². The molecule has 1 aliphatic rings. The van der Waals surface area contributed by atoms with E-state index >= 15 is 0 Å². The number of rotatable bonds is 5. The average molecular weight is 223 g/mol. The summed E-state index contributed by atoms with van der Waals surface area (Å²) in [5.41, 5.74) is 1.83. The predicted molar refractivity (Wildman–Crippen MR) is 72.6 cm³/mol. The first-order chi connectivity index (χ1) is 7.47. The molecular formula is C15H29N. The fourth-order valence-electron chi connectivity index (χ4n) is 3.22. The molecule has 0 saturated heterocycles. The van der Waals surface area contributed by atoms with Gasteiger partial charge < -0.3 is 5.32 Å². The lowest BCUT2D eigenvalue weighted by molar-refractivity contribution is 0.0979. The molecule has 1 rings (SSSR count). The van der Waals surface area contributed by atoms with E-state index in [9.17, 15) is 0 Å². The molecule has 2 unspecified atom stereocenters. The van der Waals surface area contributed by atoms with Crippen LogP contribution >= 0.6 is 0 Å². The van der Waals surface area contributed by atoms with Crippen molar-refractivity contribution in [3.8, 4) is 0 Å². The SMILES string of the molecule is C=C(C)CCC(NC)C1CCCCC1(C)C. The molecule has 0 aromatic rings. The lowest BCUT2D eigenvalue weighted by Gasteiger charge is -2.43. The van der Waals surface area contributed by atoms with Crippen LogP contribution in [0.2, 0.25) is 0 Å². The number of hydrogen-bond donors (Lipinski definition) is 1. The van der Waals surface area contributed by atoms with E-state index in [1.807, 2.05) is 0 Å². The lowest BCUT2D eigenvalue weighted by atomic mass is 9.65. The Labute approximate surface area is 102 Å². The Balaban J connectivity index is 2.59. The standard InChI is InChI=1S/C15H29N/c1-12(2)9-10-14(16-5)13-8-6-7-11-15(13,3)4/h13-14,16H,1,6-11H2,2-5H3. The van der Waals surface area contributed by atoms with Gasteiger partial charge in [0.25, 0.3) is 0 Å². The molecule has 0 aliphatic heterocycles. The molecule has 1 nitrogen and oxygen atoms in total. The summed E-state index contributed by atoms with van der Waals surface area (Å²) >= 11 is 0. The van der Waals surface area contributed by atoms with Crippen molar-refractivity contribution in [2.75, 3.05) is 7.05 Å². The zero-order valence-corrected chi connectivity index (χ0v) is 11.6. The van der Waals surface area contributed by atoms with Gasteiger partial charge >= 0.3 is 0 Å². The summed E-state index contributed by atoms with van der Waals surface area (Å²) in [5, 5.41) is 3.54. The Kier molecular flexibility index (Phi) is 5.04. The van der Waals surface area contributed by atoms with Crippen LogP contribution in [0.25, 0.3) is 0 Å². The molecule has 0 heterocycles. The second kappa shape index (κ2) is 5.86. The minimum absolute atomic E-state index is 0.515. The van der Waals surface area contributed by atoms with Crippen molar-refractivity contribution in [2.45, 2.75) is 65.3 Å². The topological polar surface area (TPSA) is 12.0 Å². The van der Waals surface area contributed by atoms with Gasteiger partial charge in [-0.2, -0.15) is 0 Å². The lowest BCUT2D eigenvalue weighted by Crippen LogP contribution is -2.43. The van der Waals surface area contributed by atoms with Crippen molar-refractivity contribution in [1.29, 1.82) is 0 Å². The Morgan fingerprint density at radius 1 is 1.44 bits per heavy atom. The zero-order chi connectivity index (χ0) is 12.2. The zero-order valence-electron chi connectivity index (χ0n) is 11.6. The quantitative estimate of drug-likeness (QED) is 0.691. The molecule has 0 aromatic heterocycles. The highest BCUT2D eigenvalue weighted by molar-refractivity contribution is 4.94. The van der Waals surface area contributed by atoms with Gasteiger partial charge in [0.15, 0.2) is 0 Å². The van der Waals surface area contributed by atoms with Gasteiger partial charge in [-0.05, 0) is 51.0 Å². The Morgan fingerprint density at radius 3 is 2.62 bits per heavy atom. The largest absolute Gasteiger partial charge is 0.317 e. The van der Waals surface area contributed by atoms with E-state index in [2.05, 4.69) is 39.7 Å². The monoisotopic (exact) mass is 223 g/mol. The van der Waals surface area contributed by atoms with Crippen LogP contribution in [0.5, 0.6) is 0 Å². The van der Waals surface area contributed by atoms with Gasteiger partial charge in [-0.1, -0.05) is 32.3 Å². The molecule has 2 atom stereocenters. The highest BCUT2D eigenvalue weighted by Crippen LogP contribution is 2.43. The summed E-state index contributed by atoms with van der Waals surface area (Å²) in [6, 6.07) is 0.673. The third-order valence-electron chi connectivity index (χ3n) is 4.33. The van der Waals surface area contributed by atoms with Crippen molar-refractivity contribution in [3.05, 3.63) is 12.2 Å². The van der Waals surface area contributed by atoms with E-state index < -0.39 is 0 Å². The molecule has 0 bridgehead atoms. The highest BCUT2D eigenvalue weighted by Gasteiger charge is 2.36. The van der Waals surface area contributed by atoms with Crippen LogP contribution in [-0.2, 0) is 0 Å². The molecule has 1 N–H and O–H groups in total. The molecular weight excluding hydrogens is 194 g/mol. The van der Waals surface area contributed by atoms with Crippen LogP contribution in [-0.4, -0.2) is 13.1 Å². The number of allylic oxidation sites excluding steroid dienone is 1. The minimum Gasteiger partial charge on any atom is -0.317 e. The summed E-state index contributed by atoms with van der Waals surface area (Å²) in [6.45, 7) is 11.0. The Morgan fingerprint density at radius 2 is 2.12 bits per heavy atom. The van der Waals surface area contributed by atoms with E-state index in [1.54, 1.807) is 0 Å². The Hall–Kier alpha value is -0.300. The molecule has 16 heavy (non-hydrogen) atoms. The molecule has 1 fully saturated rings. The number of hydrogen-bond acceptors (Lipinski definition) is 1. The average Bonchev–Trinajstić information content (AvgIpc) is 2.20. The molecule has 0 amide bonds. The molecule has 0 radical (unpaired) electrons. The summed E-state index contributed by atoms with van der Waals surface area (Å²) in [6.07, 6.45) is 8.04. The second-order valence-corrected chi connectivity index (χ2v) is 6.23. The maximum absolute atomic E-state index is 4.02. The van der Waals surface area contributed by atoms with E-state index in [0.717, 1.165) is 12.3 Å². The third-order valence-corrected chi connectivity index (χ3v) is 4.33. The second-order valence-electron chi connectivity index (χ2n) is 6.23. The summed E-state index contributed by atoms with van der Waals surface area (Å²) in [4.78, 5) is 0. The normalized spacial score (nSPS) is 26.4. The number of nitrogens with one attached hydrogen (secondary N) is 1. The highest BCUT2D eigenvalue weighted by atomic mass is 14.9. The van der Waals surface area contributed by atoms with Crippen molar-refractivity contribution in [1.82, 2.24) is 5.32 Å². The first kappa shape index (κ1) is 13.8. The van der Waals surface area contributed by atoms with Crippen LogP contribution in [0.3, 0.4) is 0 Å². The first-order valence-corrected chi connectivity index (χ1v) is 6.79. The fraction of sp³-hybridized carbons (Fsp3) is 0.867. The molecule has 0 spiro atoms. The molecule has 0 aromatic carbocycles. The fourth-order valence-corrected chi connectivity index (χ4v) is 3.22. The summed E-state index contributed by atoms with van der Waals surface area (Å²) < 4.78 is 0. The van der Waals surface area contributed by atoms with Gasteiger partial charge in [0.1, 0.15) is 0 Å². The van der Waals surface area contributed by atoms with Crippen LogP contribution in [0.4, 0.5) is 0 Å². The maximum Gasteiger partial charge on any atom is 0.0100 e. The first-order valence-electron chi connectivity index (χ1n) is 6.79. The van der Waals surface area contributed by atoms with Gasteiger partial charge in [-0.3, -0.25) is 0 Å².